The number of rotatable bonds is 5. The predicted molar refractivity (Wildman–Crippen MR) is 215 cm³/mol. The second-order valence-corrected chi connectivity index (χ2v) is 14.1. The monoisotopic (exact) mass is 679 g/mol. The minimum absolute atomic E-state index is 0.140. The lowest BCUT2D eigenvalue weighted by Crippen LogP contribution is -2.15. The Morgan fingerprint density at radius 2 is 0.868 bits per heavy atom. The van der Waals surface area contributed by atoms with Crippen LogP contribution < -0.4 is 0 Å². The minimum atomic E-state index is -0.140. The summed E-state index contributed by atoms with van der Waals surface area (Å²) in [5.74, 6) is 2.56. The first-order valence-electron chi connectivity index (χ1n) is 17.9. The summed E-state index contributed by atoms with van der Waals surface area (Å²) in [4.78, 5) is 25.7. The highest BCUT2D eigenvalue weighted by Crippen LogP contribution is 2.49. The Kier molecular flexibility index (Phi) is 7.08. The first-order valence-corrected chi connectivity index (χ1v) is 17.9. The summed E-state index contributed by atoms with van der Waals surface area (Å²) in [6, 6.07) is 56.7. The van der Waals surface area contributed by atoms with Crippen molar-refractivity contribution in [1.82, 2.24) is 24.9 Å². The first-order chi connectivity index (χ1) is 26.0. The SMILES string of the molecule is CC1(C)c2ccccc2-c2ccc(-c3nc(-c4ccccc4)nc(-c4ccc5ccc6c(-c7ccccc7)nc(-c7ccccc7)nc6c5c4)n3)cc21. The number of benzene rings is 7. The Bertz CT molecular complexity index is 2850. The van der Waals surface area contributed by atoms with Crippen LogP contribution in [0, 0.1) is 0 Å². The molecular weight excluding hydrogens is 647 g/mol. The van der Waals surface area contributed by atoms with Crippen LogP contribution in [0.3, 0.4) is 0 Å². The number of hydrogen-bond acceptors (Lipinski definition) is 5. The molecule has 1 aliphatic rings. The molecular formula is C48H33N5. The maximum Gasteiger partial charge on any atom is 0.164 e. The molecule has 0 fully saturated rings. The lowest BCUT2D eigenvalue weighted by atomic mass is 9.82. The molecule has 2 aromatic heterocycles. The van der Waals surface area contributed by atoms with Gasteiger partial charge < -0.3 is 0 Å². The van der Waals surface area contributed by atoms with Crippen molar-refractivity contribution in [3.05, 3.63) is 175 Å². The molecule has 1 aliphatic carbocycles. The molecule has 0 amide bonds. The van der Waals surface area contributed by atoms with Gasteiger partial charge in [0.25, 0.3) is 0 Å². The van der Waals surface area contributed by atoms with E-state index in [4.69, 9.17) is 24.9 Å². The van der Waals surface area contributed by atoms with Crippen LogP contribution in [0.5, 0.6) is 0 Å². The summed E-state index contributed by atoms with van der Waals surface area (Å²) in [6.07, 6.45) is 0. The number of aromatic nitrogens is 5. The van der Waals surface area contributed by atoms with E-state index in [9.17, 15) is 0 Å². The molecule has 0 bridgehead atoms. The highest BCUT2D eigenvalue weighted by molar-refractivity contribution is 6.10. The second kappa shape index (κ2) is 12.1. The van der Waals surface area contributed by atoms with Crippen LogP contribution in [0.25, 0.3) is 89.6 Å². The summed E-state index contributed by atoms with van der Waals surface area (Å²) in [5.41, 5.74) is 11.6. The summed E-state index contributed by atoms with van der Waals surface area (Å²) in [6.45, 7) is 4.59. The van der Waals surface area contributed by atoms with E-state index in [1.54, 1.807) is 0 Å². The molecule has 5 heteroatoms. The van der Waals surface area contributed by atoms with E-state index in [1.165, 1.54) is 22.3 Å². The third kappa shape index (κ3) is 5.20. The van der Waals surface area contributed by atoms with E-state index in [0.29, 0.717) is 23.3 Å². The Hall–Kier alpha value is -6.85. The Labute approximate surface area is 307 Å². The van der Waals surface area contributed by atoms with E-state index in [2.05, 4.69) is 111 Å². The van der Waals surface area contributed by atoms with Crippen molar-refractivity contribution in [1.29, 1.82) is 0 Å². The van der Waals surface area contributed by atoms with Crippen molar-refractivity contribution >= 4 is 21.7 Å². The largest absolute Gasteiger partial charge is 0.227 e. The van der Waals surface area contributed by atoms with E-state index < -0.39 is 0 Å². The molecule has 0 saturated heterocycles. The fraction of sp³-hybridized carbons (Fsp3) is 0.0625. The molecule has 0 unspecified atom stereocenters. The number of fused-ring (bicyclic) bond motifs is 6. The minimum Gasteiger partial charge on any atom is -0.227 e. The Balaban J connectivity index is 1.18. The van der Waals surface area contributed by atoms with Crippen LogP contribution in [-0.2, 0) is 5.41 Å². The zero-order valence-corrected chi connectivity index (χ0v) is 29.3. The van der Waals surface area contributed by atoms with E-state index >= 15 is 0 Å². The zero-order chi connectivity index (χ0) is 35.5. The zero-order valence-electron chi connectivity index (χ0n) is 29.3. The van der Waals surface area contributed by atoms with E-state index in [1.807, 2.05) is 66.7 Å². The smallest absolute Gasteiger partial charge is 0.164 e. The van der Waals surface area contributed by atoms with Gasteiger partial charge in [-0.25, -0.2) is 24.9 Å². The van der Waals surface area contributed by atoms with Gasteiger partial charge in [0.1, 0.15) is 0 Å². The summed E-state index contributed by atoms with van der Waals surface area (Å²) in [5, 5.41) is 3.08. The number of hydrogen-bond donors (Lipinski definition) is 0. The van der Waals surface area contributed by atoms with Gasteiger partial charge in [-0.1, -0.05) is 159 Å². The third-order valence-electron chi connectivity index (χ3n) is 10.5. The van der Waals surface area contributed by atoms with Gasteiger partial charge in [0, 0.05) is 44.0 Å². The summed E-state index contributed by atoms with van der Waals surface area (Å²) in [7, 11) is 0. The van der Waals surface area contributed by atoms with Gasteiger partial charge >= 0.3 is 0 Å². The Morgan fingerprint density at radius 1 is 0.358 bits per heavy atom. The van der Waals surface area contributed by atoms with Crippen molar-refractivity contribution in [2.24, 2.45) is 0 Å². The molecule has 53 heavy (non-hydrogen) atoms. The lowest BCUT2D eigenvalue weighted by Gasteiger charge is -2.21. The van der Waals surface area contributed by atoms with Crippen molar-refractivity contribution in [2.45, 2.75) is 19.3 Å². The molecule has 0 spiro atoms. The highest BCUT2D eigenvalue weighted by atomic mass is 15.0. The average Bonchev–Trinajstić information content (AvgIpc) is 3.46. The molecule has 0 aliphatic heterocycles. The summed E-state index contributed by atoms with van der Waals surface area (Å²) < 4.78 is 0. The molecule has 9 aromatic rings. The molecule has 5 nitrogen and oxygen atoms in total. The van der Waals surface area contributed by atoms with E-state index in [-0.39, 0.29) is 5.41 Å². The summed E-state index contributed by atoms with van der Waals surface area (Å²) >= 11 is 0. The maximum absolute atomic E-state index is 5.22. The fourth-order valence-corrected chi connectivity index (χ4v) is 7.78. The van der Waals surface area contributed by atoms with Gasteiger partial charge in [-0.05, 0) is 45.8 Å². The normalized spacial score (nSPS) is 12.9. The number of nitrogens with zero attached hydrogens (tertiary/aromatic N) is 5. The highest BCUT2D eigenvalue weighted by Gasteiger charge is 2.35. The maximum atomic E-state index is 5.22. The van der Waals surface area contributed by atoms with Crippen LogP contribution in [0.1, 0.15) is 25.0 Å². The van der Waals surface area contributed by atoms with Gasteiger partial charge in [0.2, 0.25) is 0 Å². The molecule has 7 aromatic carbocycles. The first kappa shape index (κ1) is 30.9. The van der Waals surface area contributed by atoms with Crippen LogP contribution >= 0.6 is 0 Å². The topological polar surface area (TPSA) is 64.5 Å². The molecule has 2 heterocycles. The van der Waals surface area contributed by atoms with E-state index in [0.717, 1.165) is 55.2 Å². The standard InChI is InChI=1S/C48H33N5/c1-48(2)40-21-13-12-20-36(40)37-26-25-35(29-41(37)48)47-52-45(33-18-10-5-11-19-33)51-46(53-47)34-23-22-30-24-27-38-42(31-14-6-3-7-15-31)49-44(32-16-8-4-9-17-32)50-43(38)39(30)28-34/h3-29H,1-2H3. The van der Waals surface area contributed by atoms with Gasteiger partial charge in [-0.15, -0.1) is 0 Å². The van der Waals surface area contributed by atoms with Crippen LogP contribution in [0.4, 0.5) is 0 Å². The van der Waals surface area contributed by atoms with Crippen molar-refractivity contribution in [3.8, 4) is 67.9 Å². The second-order valence-electron chi connectivity index (χ2n) is 14.1. The molecule has 0 atom stereocenters. The molecule has 0 saturated carbocycles. The molecule has 250 valence electrons. The van der Waals surface area contributed by atoms with Gasteiger partial charge in [0.15, 0.2) is 23.3 Å². The third-order valence-corrected chi connectivity index (χ3v) is 10.5. The molecule has 10 rings (SSSR count). The van der Waals surface area contributed by atoms with Gasteiger partial charge in [0.05, 0.1) is 11.2 Å². The molecule has 0 radical (unpaired) electrons. The molecule has 0 N–H and O–H groups in total. The average molecular weight is 680 g/mol. The van der Waals surface area contributed by atoms with Gasteiger partial charge in [-0.3, -0.25) is 0 Å². The van der Waals surface area contributed by atoms with Crippen LogP contribution in [0.2, 0.25) is 0 Å². The van der Waals surface area contributed by atoms with Crippen LogP contribution in [-0.4, -0.2) is 24.9 Å². The van der Waals surface area contributed by atoms with Crippen molar-refractivity contribution in [2.75, 3.05) is 0 Å². The predicted octanol–water partition coefficient (Wildman–Crippen LogP) is 11.6. The Morgan fingerprint density at radius 3 is 1.55 bits per heavy atom. The fourth-order valence-electron chi connectivity index (χ4n) is 7.78. The van der Waals surface area contributed by atoms with Gasteiger partial charge in [-0.2, -0.15) is 0 Å². The van der Waals surface area contributed by atoms with Crippen molar-refractivity contribution < 1.29 is 0 Å². The quantitative estimate of drug-likeness (QED) is 0.169. The van der Waals surface area contributed by atoms with Crippen LogP contribution in [0.15, 0.2) is 164 Å². The van der Waals surface area contributed by atoms with Crippen molar-refractivity contribution in [3.63, 3.8) is 0 Å². The lowest BCUT2D eigenvalue weighted by molar-refractivity contribution is 0.660.